The number of fused-ring (bicyclic) bond motifs is 6. The number of hydrogen-bond acceptors (Lipinski definition) is 2. The van der Waals surface area contributed by atoms with Gasteiger partial charge in [-0.1, -0.05) is 182 Å². The van der Waals surface area contributed by atoms with Crippen LogP contribution in [-0.2, 0) is 0 Å². The normalized spacial score (nSPS) is 12.9. The summed E-state index contributed by atoms with van der Waals surface area (Å²) in [4.78, 5) is 2.52. The van der Waals surface area contributed by atoms with Gasteiger partial charge in [0.05, 0.1) is 5.69 Å². The predicted molar refractivity (Wildman–Crippen MR) is 245 cm³/mol. The zero-order valence-electron chi connectivity index (χ0n) is 32.0. The Balaban J connectivity index is 1.12. The molecule has 1 heterocycles. The van der Waals surface area contributed by atoms with Crippen molar-refractivity contribution in [2.24, 2.45) is 0 Å². The number of hydrogen-bond donors (Lipinski definition) is 0. The molecule has 0 saturated carbocycles. The van der Waals surface area contributed by atoms with E-state index in [1.165, 1.54) is 55.2 Å². The third-order valence-corrected chi connectivity index (χ3v) is 11.8. The van der Waals surface area contributed by atoms with Crippen LogP contribution in [0.15, 0.2) is 222 Å². The molecule has 0 radical (unpaired) electrons. The Bertz CT molecular complexity index is 3200. The van der Waals surface area contributed by atoms with E-state index in [0.29, 0.717) is 0 Å². The molecule has 2 nitrogen and oxygen atoms in total. The Hall–Kier alpha value is -7.42. The third kappa shape index (κ3) is 5.81. The van der Waals surface area contributed by atoms with E-state index in [0.717, 1.165) is 62.7 Å². The lowest BCUT2D eigenvalue weighted by Gasteiger charge is -2.33. The summed E-state index contributed by atoms with van der Waals surface area (Å²) in [5.74, 6) is 0. The fraction of sp³-hybridized carbons (Fsp3) is 0.0357. The molecule has 274 valence electrons. The number of para-hydroxylation sites is 1. The molecule has 9 aromatic carbocycles. The number of rotatable bonds is 7. The molecule has 0 unspecified atom stereocenters. The Morgan fingerprint density at radius 3 is 1.88 bits per heavy atom. The standard InChI is InChI=1S/C56H39NO/c1-2-14-38(15-3-1)39-28-30-43(31-29-39)47-20-8-10-25-52(47)57(44-35-32-42(33-36-44)46-23-12-18-40-16-4-6-19-45(40)46)53-26-11-9-22-49(53)50-24-13-27-54-55(50)51-37-34-41-17-5-7-21-48(41)56(51)58-54/h1-9,11-24,26-37H,10,25H2. The summed E-state index contributed by atoms with van der Waals surface area (Å²) in [6.45, 7) is 0. The lowest BCUT2D eigenvalue weighted by Crippen LogP contribution is -2.20. The second-order valence-electron chi connectivity index (χ2n) is 15.1. The van der Waals surface area contributed by atoms with Crippen LogP contribution < -0.4 is 4.90 Å². The summed E-state index contributed by atoms with van der Waals surface area (Å²) in [5.41, 5.74) is 15.0. The largest absolute Gasteiger partial charge is 0.455 e. The molecule has 0 fully saturated rings. The van der Waals surface area contributed by atoms with Crippen molar-refractivity contribution in [1.29, 1.82) is 0 Å². The molecule has 1 aliphatic rings. The van der Waals surface area contributed by atoms with Gasteiger partial charge in [-0.15, -0.1) is 0 Å². The molecular formula is C56H39NO. The summed E-state index contributed by atoms with van der Waals surface area (Å²) in [5, 5.41) is 7.08. The highest BCUT2D eigenvalue weighted by molar-refractivity contribution is 6.19. The van der Waals surface area contributed by atoms with Gasteiger partial charge in [-0.3, -0.25) is 0 Å². The first-order valence-corrected chi connectivity index (χ1v) is 20.1. The van der Waals surface area contributed by atoms with Crippen LogP contribution in [0.25, 0.3) is 82.4 Å². The molecule has 0 bridgehead atoms. The molecule has 1 aromatic heterocycles. The number of anilines is 2. The summed E-state index contributed by atoms with van der Waals surface area (Å²) in [7, 11) is 0. The van der Waals surface area contributed by atoms with Gasteiger partial charge >= 0.3 is 0 Å². The van der Waals surface area contributed by atoms with Crippen LogP contribution in [-0.4, -0.2) is 0 Å². The smallest absolute Gasteiger partial charge is 0.143 e. The van der Waals surface area contributed by atoms with Crippen LogP contribution in [0.4, 0.5) is 11.4 Å². The molecule has 0 saturated heterocycles. The van der Waals surface area contributed by atoms with E-state index in [9.17, 15) is 0 Å². The molecule has 0 amide bonds. The molecular weight excluding hydrogens is 703 g/mol. The van der Waals surface area contributed by atoms with Crippen LogP contribution in [0.1, 0.15) is 18.4 Å². The van der Waals surface area contributed by atoms with E-state index >= 15 is 0 Å². The van der Waals surface area contributed by atoms with Crippen LogP contribution in [0.3, 0.4) is 0 Å². The van der Waals surface area contributed by atoms with Crippen molar-refractivity contribution in [3.8, 4) is 33.4 Å². The maximum Gasteiger partial charge on any atom is 0.143 e. The molecule has 0 spiro atoms. The SMILES string of the molecule is C1=CC(c2ccc(-c3ccccc3)cc2)=C(N(c2ccc(-c3cccc4ccccc34)cc2)c2ccccc2-c2cccc3oc4c5ccccc5ccc4c23)CC1. The van der Waals surface area contributed by atoms with Crippen molar-refractivity contribution < 1.29 is 4.42 Å². The van der Waals surface area contributed by atoms with E-state index in [1.54, 1.807) is 0 Å². The van der Waals surface area contributed by atoms with Gasteiger partial charge in [0.1, 0.15) is 11.2 Å². The van der Waals surface area contributed by atoms with Gasteiger partial charge in [-0.2, -0.15) is 0 Å². The molecule has 2 heteroatoms. The van der Waals surface area contributed by atoms with Gasteiger partial charge in [0.2, 0.25) is 0 Å². The van der Waals surface area contributed by atoms with Gasteiger partial charge in [0.15, 0.2) is 0 Å². The second-order valence-corrected chi connectivity index (χ2v) is 15.1. The Morgan fingerprint density at radius 1 is 0.414 bits per heavy atom. The lowest BCUT2D eigenvalue weighted by atomic mass is 9.92. The zero-order chi connectivity index (χ0) is 38.4. The minimum absolute atomic E-state index is 0.892. The summed E-state index contributed by atoms with van der Waals surface area (Å²) in [6.07, 6.45) is 6.51. The Kier molecular flexibility index (Phi) is 8.33. The third-order valence-electron chi connectivity index (χ3n) is 11.8. The van der Waals surface area contributed by atoms with E-state index in [4.69, 9.17) is 4.42 Å². The summed E-state index contributed by atoms with van der Waals surface area (Å²) in [6, 6.07) is 72.4. The average molecular weight is 742 g/mol. The van der Waals surface area contributed by atoms with Crippen LogP contribution in [0.5, 0.6) is 0 Å². The van der Waals surface area contributed by atoms with E-state index in [2.05, 4.69) is 217 Å². The van der Waals surface area contributed by atoms with Crippen molar-refractivity contribution in [3.63, 3.8) is 0 Å². The number of benzene rings is 9. The quantitative estimate of drug-likeness (QED) is 0.162. The maximum atomic E-state index is 6.70. The molecule has 1 aliphatic carbocycles. The zero-order valence-corrected chi connectivity index (χ0v) is 32.0. The minimum Gasteiger partial charge on any atom is -0.455 e. The molecule has 0 aliphatic heterocycles. The first kappa shape index (κ1) is 33.9. The molecule has 0 atom stereocenters. The van der Waals surface area contributed by atoms with E-state index in [-0.39, 0.29) is 0 Å². The molecule has 58 heavy (non-hydrogen) atoms. The average Bonchev–Trinajstić information content (AvgIpc) is 3.70. The van der Waals surface area contributed by atoms with Crippen molar-refractivity contribution in [1.82, 2.24) is 0 Å². The van der Waals surface area contributed by atoms with Gasteiger partial charge < -0.3 is 9.32 Å². The first-order chi connectivity index (χ1) is 28.8. The van der Waals surface area contributed by atoms with Crippen molar-refractivity contribution >= 4 is 60.4 Å². The van der Waals surface area contributed by atoms with Crippen LogP contribution in [0.2, 0.25) is 0 Å². The topological polar surface area (TPSA) is 16.4 Å². The van der Waals surface area contributed by atoms with E-state index in [1.807, 2.05) is 0 Å². The fourth-order valence-electron chi connectivity index (χ4n) is 9.00. The lowest BCUT2D eigenvalue weighted by molar-refractivity contribution is 0.673. The van der Waals surface area contributed by atoms with Crippen molar-refractivity contribution in [3.05, 3.63) is 224 Å². The fourth-order valence-corrected chi connectivity index (χ4v) is 9.00. The predicted octanol–water partition coefficient (Wildman–Crippen LogP) is 15.8. The van der Waals surface area contributed by atoms with Gasteiger partial charge in [-0.25, -0.2) is 0 Å². The second kappa shape index (κ2) is 14.3. The minimum atomic E-state index is 0.892. The maximum absolute atomic E-state index is 6.70. The summed E-state index contributed by atoms with van der Waals surface area (Å²) >= 11 is 0. The van der Waals surface area contributed by atoms with E-state index < -0.39 is 0 Å². The highest BCUT2D eigenvalue weighted by Crippen LogP contribution is 2.47. The number of nitrogens with zero attached hydrogens (tertiary/aromatic N) is 1. The Morgan fingerprint density at radius 2 is 1.03 bits per heavy atom. The van der Waals surface area contributed by atoms with Crippen molar-refractivity contribution in [2.75, 3.05) is 4.90 Å². The monoisotopic (exact) mass is 741 g/mol. The number of allylic oxidation sites excluding steroid dienone is 4. The first-order valence-electron chi connectivity index (χ1n) is 20.1. The molecule has 10 aromatic rings. The highest BCUT2D eigenvalue weighted by atomic mass is 16.3. The van der Waals surface area contributed by atoms with Gasteiger partial charge in [0.25, 0.3) is 0 Å². The Labute approximate surface area is 338 Å². The van der Waals surface area contributed by atoms with Gasteiger partial charge in [-0.05, 0) is 92.7 Å². The van der Waals surface area contributed by atoms with Crippen LogP contribution >= 0.6 is 0 Å². The molecule has 11 rings (SSSR count). The molecule has 0 N–H and O–H groups in total. The van der Waals surface area contributed by atoms with Crippen LogP contribution in [0, 0.1) is 0 Å². The number of furan rings is 1. The summed E-state index contributed by atoms with van der Waals surface area (Å²) < 4.78 is 6.70. The van der Waals surface area contributed by atoms with Crippen molar-refractivity contribution in [2.45, 2.75) is 12.8 Å². The highest BCUT2D eigenvalue weighted by Gasteiger charge is 2.25. The van der Waals surface area contributed by atoms with Gasteiger partial charge in [0, 0.05) is 38.7 Å².